The number of ether oxygens (including phenoxy) is 1. The monoisotopic (exact) mass is 271 g/mol. The minimum atomic E-state index is -0.423. The summed E-state index contributed by atoms with van der Waals surface area (Å²) >= 11 is 3.19. The highest BCUT2D eigenvalue weighted by Gasteiger charge is 2.23. The van der Waals surface area contributed by atoms with Gasteiger partial charge in [0.2, 0.25) is 0 Å². The van der Waals surface area contributed by atoms with Crippen LogP contribution in [0, 0.1) is 16.0 Å². The van der Waals surface area contributed by atoms with E-state index in [0.29, 0.717) is 22.7 Å². The first-order valence-electron chi connectivity index (χ1n) is 4.74. The number of halogens is 1. The zero-order valence-corrected chi connectivity index (χ0v) is 9.57. The number of hydrogen-bond donors (Lipinski definition) is 0. The lowest BCUT2D eigenvalue weighted by molar-refractivity contribution is -0.385. The first-order valence-corrected chi connectivity index (χ1v) is 5.53. The van der Waals surface area contributed by atoms with Crippen molar-refractivity contribution >= 4 is 21.6 Å². The van der Waals surface area contributed by atoms with Gasteiger partial charge in [-0.25, -0.2) is 0 Å². The lowest BCUT2D eigenvalue weighted by Crippen LogP contribution is -2.00. The third-order valence-corrected chi connectivity index (χ3v) is 3.11. The molecule has 1 aliphatic carbocycles. The van der Waals surface area contributed by atoms with Crippen LogP contribution in [0.5, 0.6) is 5.75 Å². The highest BCUT2D eigenvalue weighted by Crippen LogP contribution is 2.36. The first kappa shape index (κ1) is 10.4. The fourth-order valence-corrected chi connectivity index (χ4v) is 1.77. The van der Waals surface area contributed by atoms with Crippen LogP contribution in [0.1, 0.15) is 12.8 Å². The Morgan fingerprint density at radius 1 is 1.53 bits per heavy atom. The molecular weight excluding hydrogens is 262 g/mol. The predicted octanol–water partition coefficient (Wildman–Crippen LogP) is 3.15. The molecule has 0 aliphatic heterocycles. The second-order valence-electron chi connectivity index (χ2n) is 3.60. The highest BCUT2D eigenvalue weighted by atomic mass is 79.9. The van der Waals surface area contributed by atoms with E-state index in [9.17, 15) is 10.1 Å². The maximum atomic E-state index is 10.6. The average Bonchev–Trinajstić information content (AvgIpc) is 2.99. The van der Waals surface area contributed by atoms with E-state index in [4.69, 9.17) is 4.74 Å². The van der Waals surface area contributed by atoms with Gasteiger partial charge in [-0.05, 0) is 40.8 Å². The molecule has 4 nitrogen and oxygen atoms in total. The summed E-state index contributed by atoms with van der Waals surface area (Å²) in [5, 5.41) is 10.6. The van der Waals surface area contributed by atoms with Crippen LogP contribution in [0.15, 0.2) is 22.7 Å². The van der Waals surface area contributed by atoms with Crippen LogP contribution in [0.4, 0.5) is 5.69 Å². The van der Waals surface area contributed by atoms with Crippen molar-refractivity contribution in [3.8, 4) is 5.75 Å². The molecule has 0 bridgehead atoms. The summed E-state index contributed by atoms with van der Waals surface area (Å²) in [7, 11) is 0. The zero-order valence-electron chi connectivity index (χ0n) is 7.98. The smallest absolute Gasteiger partial charge is 0.287 e. The van der Waals surface area contributed by atoms with Crippen LogP contribution in [-0.4, -0.2) is 11.5 Å². The molecule has 0 heterocycles. The standard InChI is InChI=1S/C10H10BrNO3/c11-10-8(12(13)14)2-1-3-9(10)15-6-7-4-5-7/h1-3,7H,4-6H2. The van der Waals surface area contributed by atoms with E-state index in [1.807, 2.05) is 0 Å². The number of hydrogen-bond acceptors (Lipinski definition) is 3. The molecule has 5 heteroatoms. The molecule has 1 fully saturated rings. The third-order valence-electron chi connectivity index (χ3n) is 2.31. The van der Waals surface area contributed by atoms with Crippen molar-refractivity contribution in [2.24, 2.45) is 5.92 Å². The Labute approximate surface area is 95.5 Å². The normalized spacial score (nSPS) is 15.0. The third kappa shape index (κ3) is 2.47. The molecule has 1 aromatic rings. The van der Waals surface area contributed by atoms with Crippen LogP contribution in [0.25, 0.3) is 0 Å². The molecule has 0 spiro atoms. The molecule has 15 heavy (non-hydrogen) atoms. The van der Waals surface area contributed by atoms with Gasteiger partial charge in [-0.1, -0.05) is 6.07 Å². The van der Waals surface area contributed by atoms with Crippen LogP contribution in [0.2, 0.25) is 0 Å². The number of nitrogens with zero attached hydrogens (tertiary/aromatic N) is 1. The van der Waals surface area contributed by atoms with Crippen LogP contribution in [-0.2, 0) is 0 Å². The number of rotatable bonds is 4. The van der Waals surface area contributed by atoms with Crippen molar-refractivity contribution in [1.29, 1.82) is 0 Å². The van der Waals surface area contributed by atoms with Crippen molar-refractivity contribution < 1.29 is 9.66 Å². The topological polar surface area (TPSA) is 52.4 Å². The Morgan fingerprint density at radius 2 is 2.27 bits per heavy atom. The molecule has 0 amide bonds. The van der Waals surface area contributed by atoms with Gasteiger partial charge in [-0.15, -0.1) is 0 Å². The first-order chi connectivity index (χ1) is 7.18. The summed E-state index contributed by atoms with van der Waals surface area (Å²) in [6, 6.07) is 4.82. The Bertz CT molecular complexity index is 390. The molecule has 0 aromatic heterocycles. The molecule has 80 valence electrons. The molecular formula is C10H10BrNO3. The maximum absolute atomic E-state index is 10.6. The molecule has 1 aromatic carbocycles. The second kappa shape index (κ2) is 4.18. The molecule has 0 N–H and O–H groups in total. The van der Waals surface area contributed by atoms with Gasteiger partial charge < -0.3 is 4.74 Å². The van der Waals surface area contributed by atoms with Crippen molar-refractivity contribution in [2.75, 3.05) is 6.61 Å². The number of benzene rings is 1. The van der Waals surface area contributed by atoms with E-state index in [1.54, 1.807) is 12.1 Å². The Kier molecular flexibility index (Phi) is 2.90. The van der Waals surface area contributed by atoms with E-state index in [-0.39, 0.29) is 5.69 Å². The molecule has 0 unspecified atom stereocenters. The maximum Gasteiger partial charge on any atom is 0.287 e. The Hall–Kier alpha value is -1.10. The predicted molar refractivity (Wildman–Crippen MR) is 59.0 cm³/mol. The molecule has 0 saturated heterocycles. The number of nitro groups is 1. The van der Waals surface area contributed by atoms with E-state index in [1.165, 1.54) is 18.9 Å². The lowest BCUT2D eigenvalue weighted by atomic mass is 10.3. The summed E-state index contributed by atoms with van der Waals surface area (Å²) < 4.78 is 5.93. The zero-order chi connectivity index (χ0) is 10.8. The van der Waals surface area contributed by atoms with E-state index in [0.717, 1.165) is 0 Å². The summed E-state index contributed by atoms with van der Waals surface area (Å²) in [4.78, 5) is 10.2. The minimum Gasteiger partial charge on any atom is -0.492 e. The summed E-state index contributed by atoms with van der Waals surface area (Å²) in [5.74, 6) is 1.19. The SMILES string of the molecule is O=[N+]([O-])c1cccc(OCC2CC2)c1Br. The van der Waals surface area contributed by atoms with Gasteiger partial charge in [0.05, 0.1) is 11.5 Å². The van der Waals surface area contributed by atoms with Crippen molar-refractivity contribution in [2.45, 2.75) is 12.8 Å². The Morgan fingerprint density at radius 3 is 2.87 bits per heavy atom. The summed E-state index contributed by atoms with van der Waals surface area (Å²) in [6.07, 6.45) is 2.40. The van der Waals surface area contributed by atoms with Gasteiger partial charge in [0, 0.05) is 6.07 Å². The lowest BCUT2D eigenvalue weighted by Gasteiger charge is -2.06. The quantitative estimate of drug-likeness (QED) is 0.625. The van der Waals surface area contributed by atoms with Gasteiger partial charge in [0.25, 0.3) is 5.69 Å². The van der Waals surface area contributed by atoms with Crippen molar-refractivity contribution in [3.05, 3.63) is 32.8 Å². The Balaban J connectivity index is 2.14. The fourth-order valence-electron chi connectivity index (χ4n) is 1.24. The summed E-state index contributed by atoms with van der Waals surface area (Å²) in [6.45, 7) is 0.653. The van der Waals surface area contributed by atoms with E-state index < -0.39 is 4.92 Å². The summed E-state index contributed by atoms with van der Waals surface area (Å²) in [5.41, 5.74) is 0.0447. The van der Waals surface area contributed by atoms with Crippen molar-refractivity contribution in [1.82, 2.24) is 0 Å². The second-order valence-corrected chi connectivity index (χ2v) is 4.39. The molecule has 1 saturated carbocycles. The van der Waals surface area contributed by atoms with Gasteiger partial charge in [0.1, 0.15) is 10.2 Å². The molecule has 0 atom stereocenters. The van der Waals surface area contributed by atoms with Crippen molar-refractivity contribution in [3.63, 3.8) is 0 Å². The fraction of sp³-hybridized carbons (Fsp3) is 0.400. The van der Waals surface area contributed by atoms with Gasteiger partial charge in [-0.3, -0.25) is 10.1 Å². The molecule has 2 rings (SSSR count). The number of nitro benzene ring substituents is 1. The van der Waals surface area contributed by atoms with Gasteiger partial charge in [0.15, 0.2) is 0 Å². The van der Waals surface area contributed by atoms with Crippen LogP contribution >= 0.6 is 15.9 Å². The minimum absolute atomic E-state index is 0.0447. The van der Waals surface area contributed by atoms with E-state index in [2.05, 4.69) is 15.9 Å². The molecule has 1 aliphatic rings. The van der Waals surface area contributed by atoms with Gasteiger partial charge in [-0.2, -0.15) is 0 Å². The highest BCUT2D eigenvalue weighted by molar-refractivity contribution is 9.10. The van der Waals surface area contributed by atoms with Crippen LogP contribution in [0.3, 0.4) is 0 Å². The van der Waals surface area contributed by atoms with Crippen LogP contribution < -0.4 is 4.74 Å². The van der Waals surface area contributed by atoms with E-state index >= 15 is 0 Å². The van der Waals surface area contributed by atoms with Gasteiger partial charge >= 0.3 is 0 Å². The average molecular weight is 272 g/mol. The molecule has 0 radical (unpaired) electrons. The largest absolute Gasteiger partial charge is 0.492 e.